The van der Waals surface area contributed by atoms with Crippen LogP contribution in [0.5, 0.6) is 5.75 Å². The lowest BCUT2D eigenvalue weighted by atomic mass is 10.1. The summed E-state index contributed by atoms with van der Waals surface area (Å²) in [6.45, 7) is 0.825. The topological polar surface area (TPSA) is 39.1 Å². The molecule has 0 saturated carbocycles. The van der Waals surface area contributed by atoms with Crippen molar-refractivity contribution in [1.82, 2.24) is 9.78 Å². The van der Waals surface area contributed by atoms with Gasteiger partial charge in [-0.2, -0.15) is 5.10 Å². The van der Waals surface area contributed by atoms with E-state index in [2.05, 4.69) is 5.32 Å². The molecule has 0 amide bonds. The standard InChI is InChI=1S/C18H14Cl3N3O/c1-25-15-6-5-10(19)9-14(15)24-18-11(7-8-22-18)17(23-24)16-12(20)3-2-4-13(16)21/h2-6,9,22H,7-8H2,1H3. The molecular formula is C18H14Cl3N3O. The van der Waals surface area contributed by atoms with Crippen LogP contribution in [0, 0.1) is 0 Å². The zero-order chi connectivity index (χ0) is 17.6. The van der Waals surface area contributed by atoms with E-state index in [1.54, 1.807) is 13.2 Å². The Morgan fingerprint density at radius 2 is 1.88 bits per heavy atom. The van der Waals surface area contributed by atoms with Crippen molar-refractivity contribution in [3.63, 3.8) is 0 Å². The molecule has 0 atom stereocenters. The predicted octanol–water partition coefficient (Wildman–Crippen LogP) is 5.48. The molecule has 1 aliphatic rings. The Morgan fingerprint density at radius 3 is 2.60 bits per heavy atom. The molecule has 0 bridgehead atoms. The summed E-state index contributed by atoms with van der Waals surface area (Å²) in [5, 5.41) is 9.93. The van der Waals surface area contributed by atoms with E-state index in [0.29, 0.717) is 20.8 Å². The van der Waals surface area contributed by atoms with E-state index in [0.717, 1.165) is 41.3 Å². The van der Waals surface area contributed by atoms with Crippen LogP contribution >= 0.6 is 34.8 Å². The summed E-state index contributed by atoms with van der Waals surface area (Å²) in [4.78, 5) is 0. The first kappa shape index (κ1) is 16.6. The lowest BCUT2D eigenvalue weighted by Crippen LogP contribution is -2.06. The number of hydrogen-bond acceptors (Lipinski definition) is 3. The lowest BCUT2D eigenvalue weighted by molar-refractivity contribution is 0.412. The third kappa shape index (κ3) is 2.74. The van der Waals surface area contributed by atoms with E-state index in [-0.39, 0.29) is 0 Å². The molecule has 7 heteroatoms. The highest BCUT2D eigenvalue weighted by atomic mass is 35.5. The van der Waals surface area contributed by atoms with Gasteiger partial charge in [0.2, 0.25) is 0 Å². The molecule has 0 unspecified atom stereocenters. The monoisotopic (exact) mass is 393 g/mol. The van der Waals surface area contributed by atoms with Crippen molar-refractivity contribution in [3.05, 3.63) is 57.0 Å². The fraction of sp³-hybridized carbons (Fsp3) is 0.167. The van der Waals surface area contributed by atoms with E-state index in [4.69, 9.17) is 44.6 Å². The molecule has 4 rings (SSSR count). The van der Waals surface area contributed by atoms with Gasteiger partial charge in [0.25, 0.3) is 0 Å². The number of methoxy groups -OCH3 is 1. The van der Waals surface area contributed by atoms with Crippen LogP contribution in [0.15, 0.2) is 36.4 Å². The van der Waals surface area contributed by atoms with Crippen LogP contribution in [0.2, 0.25) is 15.1 Å². The number of aromatic nitrogens is 2. The molecule has 4 nitrogen and oxygen atoms in total. The van der Waals surface area contributed by atoms with E-state index in [1.165, 1.54) is 0 Å². The van der Waals surface area contributed by atoms with E-state index in [1.807, 2.05) is 35.0 Å². The minimum atomic E-state index is 0.574. The van der Waals surface area contributed by atoms with Crippen molar-refractivity contribution in [2.75, 3.05) is 19.0 Å². The van der Waals surface area contributed by atoms with Crippen molar-refractivity contribution in [3.8, 4) is 22.7 Å². The number of fused-ring (bicyclic) bond motifs is 1. The summed E-state index contributed by atoms with van der Waals surface area (Å²) in [7, 11) is 1.62. The fourth-order valence-corrected chi connectivity index (χ4v) is 3.85. The highest BCUT2D eigenvalue weighted by molar-refractivity contribution is 6.39. The number of anilines is 1. The summed E-state index contributed by atoms with van der Waals surface area (Å²) in [6, 6.07) is 10.9. The molecule has 0 saturated heterocycles. The highest BCUT2D eigenvalue weighted by Crippen LogP contribution is 2.42. The van der Waals surface area contributed by atoms with E-state index < -0.39 is 0 Å². The van der Waals surface area contributed by atoms with Gasteiger partial charge in [0.1, 0.15) is 22.9 Å². The maximum absolute atomic E-state index is 6.40. The molecule has 2 aromatic carbocycles. The Morgan fingerprint density at radius 1 is 1.12 bits per heavy atom. The van der Waals surface area contributed by atoms with Crippen molar-refractivity contribution in [2.45, 2.75) is 6.42 Å². The quantitative estimate of drug-likeness (QED) is 0.639. The summed E-state index contributed by atoms with van der Waals surface area (Å²) >= 11 is 19.0. The number of ether oxygens (including phenoxy) is 1. The third-order valence-corrected chi connectivity index (χ3v) is 5.08. The second-order valence-electron chi connectivity index (χ2n) is 5.68. The molecule has 2 heterocycles. The first-order valence-electron chi connectivity index (χ1n) is 7.74. The Kier molecular flexibility index (Phi) is 4.28. The number of hydrogen-bond donors (Lipinski definition) is 1. The predicted molar refractivity (Wildman–Crippen MR) is 103 cm³/mol. The van der Waals surface area contributed by atoms with Gasteiger partial charge in [-0.3, -0.25) is 0 Å². The van der Waals surface area contributed by atoms with Gasteiger partial charge in [0.15, 0.2) is 0 Å². The van der Waals surface area contributed by atoms with Gasteiger partial charge in [0.05, 0.1) is 17.2 Å². The minimum absolute atomic E-state index is 0.574. The summed E-state index contributed by atoms with van der Waals surface area (Å²) in [6.07, 6.45) is 0.842. The summed E-state index contributed by atoms with van der Waals surface area (Å²) < 4.78 is 7.29. The first-order valence-corrected chi connectivity index (χ1v) is 8.87. The largest absolute Gasteiger partial charge is 0.494 e. The second-order valence-corrected chi connectivity index (χ2v) is 6.93. The molecule has 0 fully saturated rings. The molecule has 128 valence electrons. The molecular weight excluding hydrogens is 381 g/mol. The number of benzene rings is 2. The zero-order valence-electron chi connectivity index (χ0n) is 13.3. The SMILES string of the molecule is COc1ccc(Cl)cc1-n1nc(-c2c(Cl)cccc2Cl)c2c1NCC2. The molecule has 1 aliphatic heterocycles. The van der Waals surface area contributed by atoms with Crippen LogP contribution in [0.1, 0.15) is 5.56 Å². The number of nitrogens with zero attached hydrogens (tertiary/aromatic N) is 2. The van der Waals surface area contributed by atoms with Gasteiger partial charge >= 0.3 is 0 Å². The second kappa shape index (κ2) is 6.45. The first-order chi connectivity index (χ1) is 12.1. The Balaban J connectivity index is 1.98. The summed E-state index contributed by atoms with van der Waals surface area (Å²) in [5.74, 6) is 1.59. The van der Waals surface area contributed by atoms with Gasteiger partial charge in [-0.25, -0.2) is 4.68 Å². The molecule has 0 radical (unpaired) electrons. The fourth-order valence-electron chi connectivity index (χ4n) is 3.10. The maximum atomic E-state index is 6.40. The van der Waals surface area contributed by atoms with Crippen LogP contribution in [0.4, 0.5) is 5.82 Å². The van der Waals surface area contributed by atoms with E-state index in [9.17, 15) is 0 Å². The van der Waals surface area contributed by atoms with Crippen molar-refractivity contribution in [1.29, 1.82) is 0 Å². The molecule has 25 heavy (non-hydrogen) atoms. The molecule has 0 spiro atoms. The molecule has 1 aromatic heterocycles. The summed E-state index contributed by atoms with van der Waals surface area (Å²) in [5.41, 5.74) is 3.36. The van der Waals surface area contributed by atoms with Crippen LogP contribution < -0.4 is 10.1 Å². The van der Waals surface area contributed by atoms with Crippen molar-refractivity contribution >= 4 is 40.6 Å². The highest BCUT2D eigenvalue weighted by Gasteiger charge is 2.27. The average Bonchev–Trinajstić information content (AvgIpc) is 3.18. The smallest absolute Gasteiger partial charge is 0.144 e. The molecule has 1 N–H and O–H groups in total. The van der Waals surface area contributed by atoms with Crippen LogP contribution in [-0.2, 0) is 6.42 Å². The number of nitrogens with one attached hydrogen (secondary N) is 1. The van der Waals surface area contributed by atoms with Crippen LogP contribution in [-0.4, -0.2) is 23.4 Å². The van der Waals surface area contributed by atoms with Crippen LogP contribution in [0.3, 0.4) is 0 Å². The van der Waals surface area contributed by atoms with Crippen LogP contribution in [0.25, 0.3) is 16.9 Å². The Labute approximate surface area is 160 Å². The van der Waals surface area contributed by atoms with Crippen molar-refractivity contribution in [2.24, 2.45) is 0 Å². The molecule has 0 aliphatic carbocycles. The molecule has 3 aromatic rings. The van der Waals surface area contributed by atoms with Gasteiger partial charge in [-0.1, -0.05) is 40.9 Å². The van der Waals surface area contributed by atoms with Gasteiger partial charge in [-0.15, -0.1) is 0 Å². The number of rotatable bonds is 3. The van der Waals surface area contributed by atoms with E-state index >= 15 is 0 Å². The van der Waals surface area contributed by atoms with Gasteiger partial charge in [0, 0.05) is 22.7 Å². The maximum Gasteiger partial charge on any atom is 0.144 e. The Hall–Kier alpha value is -1.88. The lowest BCUT2D eigenvalue weighted by Gasteiger charge is -2.11. The normalized spacial score (nSPS) is 12.8. The van der Waals surface area contributed by atoms with Crippen molar-refractivity contribution < 1.29 is 4.74 Å². The zero-order valence-corrected chi connectivity index (χ0v) is 15.6. The van der Waals surface area contributed by atoms with Gasteiger partial charge < -0.3 is 10.1 Å². The third-order valence-electron chi connectivity index (χ3n) is 4.22. The minimum Gasteiger partial charge on any atom is -0.494 e. The average molecular weight is 395 g/mol. The number of halogens is 3. The van der Waals surface area contributed by atoms with Gasteiger partial charge in [-0.05, 0) is 36.8 Å². The Bertz CT molecular complexity index is 948.